The molecule has 0 saturated heterocycles. The van der Waals surface area contributed by atoms with Crippen molar-refractivity contribution in [3.8, 4) is 0 Å². The maximum absolute atomic E-state index is 12.0. The van der Waals surface area contributed by atoms with E-state index in [1.165, 1.54) is 13.2 Å². The van der Waals surface area contributed by atoms with Crippen LogP contribution in [0.1, 0.15) is 36.8 Å². The lowest BCUT2D eigenvalue weighted by Crippen LogP contribution is -2.34. The third kappa shape index (κ3) is 5.07. The van der Waals surface area contributed by atoms with E-state index in [1.54, 1.807) is 6.07 Å². The average molecular weight is 301 g/mol. The molecule has 2 N–H and O–H groups in total. The molecule has 1 amide bonds. The first-order chi connectivity index (χ1) is 9.24. The molecule has 0 bridgehead atoms. The maximum atomic E-state index is 12.0. The Hall–Kier alpha value is -1.17. The van der Waals surface area contributed by atoms with Crippen molar-refractivity contribution in [3.63, 3.8) is 0 Å². The van der Waals surface area contributed by atoms with E-state index in [0.29, 0.717) is 5.56 Å². The minimum absolute atomic E-state index is 0.122. The number of hydrogen-bond acceptors (Lipinski definition) is 4. The first-order valence-electron chi connectivity index (χ1n) is 6.37. The molecule has 5 nitrogen and oxygen atoms in total. The Bertz CT molecular complexity index is 472. The summed E-state index contributed by atoms with van der Waals surface area (Å²) in [5.74, 6) is -0.296. The van der Waals surface area contributed by atoms with Crippen LogP contribution in [0.4, 0.5) is 0 Å². The van der Waals surface area contributed by atoms with Crippen molar-refractivity contribution in [1.82, 2.24) is 10.3 Å². The van der Waals surface area contributed by atoms with Crippen molar-refractivity contribution >= 4 is 17.5 Å². The van der Waals surface area contributed by atoms with Crippen LogP contribution in [0.25, 0.3) is 0 Å². The molecule has 6 heteroatoms. The SMILES string of the molecule is COCC(O)CNC(=O)c1cc(Cl)nc(C(C)(C)C)c1. The summed E-state index contributed by atoms with van der Waals surface area (Å²) in [6.07, 6.45) is -0.733. The van der Waals surface area contributed by atoms with Gasteiger partial charge in [0.2, 0.25) is 0 Å². The van der Waals surface area contributed by atoms with Crippen LogP contribution in [0, 0.1) is 0 Å². The van der Waals surface area contributed by atoms with E-state index in [2.05, 4.69) is 10.3 Å². The molecule has 1 rings (SSSR count). The molecule has 1 unspecified atom stereocenters. The first kappa shape index (κ1) is 16.9. The molecule has 0 aliphatic rings. The number of ether oxygens (including phenoxy) is 1. The fraction of sp³-hybridized carbons (Fsp3) is 0.571. The van der Waals surface area contributed by atoms with Crippen LogP contribution < -0.4 is 5.32 Å². The summed E-state index contributed by atoms with van der Waals surface area (Å²) >= 11 is 5.95. The number of rotatable bonds is 5. The van der Waals surface area contributed by atoms with E-state index < -0.39 is 6.10 Å². The number of pyridine rings is 1. The second-order valence-corrected chi connectivity index (χ2v) is 6.02. The Morgan fingerprint density at radius 2 is 2.15 bits per heavy atom. The lowest BCUT2D eigenvalue weighted by atomic mass is 9.91. The van der Waals surface area contributed by atoms with Gasteiger partial charge in [0, 0.05) is 30.3 Å². The smallest absolute Gasteiger partial charge is 0.251 e. The highest BCUT2D eigenvalue weighted by atomic mass is 35.5. The Labute approximate surface area is 124 Å². The van der Waals surface area contributed by atoms with Gasteiger partial charge in [-0.05, 0) is 12.1 Å². The summed E-state index contributed by atoms with van der Waals surface area (Å²) < 4.78 is 4.79. The van der Waals surface area contributed by atoms with Crippen LogP contribution >= 0.6 is 11.6 Å². The van der Waals surface area contributed by atoms with E-state index >= 15 is 0 Å². The van der Waals surface area contributed by atoms with E-state index in [-0.39, 0.29) is 29.6 Å². The van der Waals surface area contributed by atoms with Gasteiger partial charge in [0.25, 0.3) is 5.91 Å². The predicted molar refractivity (Wildman–Crippen MR) is 78.2 cm³/mol. The van der Waals surface area contributed by atoms with Crippen LogP contribution in [-0.4, -0.2) is 42.4 Å². The molecule has 1 heterocycles. The molecule has 0 saturated carbocycles. The standard InChI is InChI=1S/C14H21ClN2O3/c1-14(2,3)11-5-9(6-12(15)17-11)13(19)16-7-10(18)8-20-4/h5-6,10,18H,7-8H2,1-4H3,(H,16,19). The number of amides is 1. The third-order valence-corrected chi connectivity index (χ3v) is 2.88. The highest BCUT2D eigenvalue weighted by molar-refractivity contribution is 6.29. The predicted octanol–water partition coefficient (Wildman–Crippen LogP) is 1.77. The van der Waals surface area contributed by atoms with Crippen LogP contribution in [0.5, 0.6) is 0 Å². The van der Waals surface area contributed by atoms with Gasteiger partial charge in [-0.25, -0.2) is 4.98 Å². The largest absolute Gasteiger partial charge is 0.389 e. The molecule has 1 aromatic heterocycles. The van der Waals surface area contributed by atoms with Gasteiger partial charge in [-0.1, -0.05) is 32.4 Å². The van der Waals surface area contributed by atoms with Gasteiger partial charge in [0.1, 0.15) is 5.15 Å². The number of nitrogens with one attached hydrogen (secondary N) is 1. The van der Waals surface area contributed by atoms with Crippen LogP contribution in [0.2, 0.25) is 5.15 Å². The number of nitrogens with zero attached hydrogens (tertiary/aromatic N) is 1. The van der Waals surface area contributed by atoms with E-state index in [0.717, 1.165) is 5.69 Å². The summed E-state index contributed by atoms with van der Waals surface area (Å²) in [5, 5.41) is 12.4. The molecule has 1 atom stereocenters. The quantitative estimate of drug-likeness (QED) is 0.813. The lowest BCUT2D eigenvalue weighted by Gasteiger charge is -2.19. The zero-order chi connectivity index (χ0) is 15.3. The summed E-state index contributed by atoms with van der Waals surface area (Å²) in [4.78, 5) is 16.3. The van der Waals surface area contributed by atoms with E-state index in [9.17, 15) is 9.90 Å². The molecule has 112 valence electrons. The molecule has 0 spiro atoms. The summed E-state index contributed by atoms with van der Waals surface area (Å²) in [6, 6.07) is 3.22. The second-order valence-electron chi connectivity index (χ2n) is 5.63. The van der Waals surface area contributed by atoms with Gasteiger partial charge in [-0.3, -0.25) is 4.79 Å². The number of aliphatic hydroxyl groups excluding tert-OH is 1. The topological polar surface area (TPSA) is 71.5 Å². The van der Waals surface area contributed by atoms with Crippen LogP contribution in [0.3, 0.4) is 0 Å². The van der Waals surface area contributed by atoms with Crippen molar-refractivity contribution in [2.45, 2.75) is 32.3 Å². The van der Waals surface area contributed by atoms with Gasteiger partial charge < -0.3 is 15.2 Å². The fourth-order valence-corrected chi connectivity index (χ4v) is 1.78. The average Bonchev–Trinajstić information content (AvgIpc) is 2.34. The number of halogens is 1. The van der Waals surface area contributed by atoms with Crippen molar-refractivity contribution in [2.75, 3.05) is 20.3 Å². The lowest BCUT2D eigenvalue weighted by molar-refractivity contribution is 0.0609. The molecule has 0 fully saturated rings. The van der Waals surface area contributed by atoms with Crippen LogP contribution in [0.15, 0.2) is 12.1 Å². The molecule has 0 aliphatic carbocycles. The fourth-order valence-electron chi connectivity index (χ4n) is 1.58. The normalized spacial score (nSPS) is 13.1. The molecule has 0 radical (unpaired) electrons. The number of hydrogen-bond donors (Lipinski definition) is 2. The second kappa shape index (κ2) is 7.02. The number of aromatic nitrogens is 1. The summed E-state index contributed by atoms with van der Waals surface area (Å²) in [7, 11) is 1.49. The van der Waals surface area contributed by atoms with E-state index in [4.69, 9.17) is 16.3 Å². The molecular weight excluding hydrogens is 280 g/mol. The number of carbonyl (C=O) groups excluding carboxylic acids is 1. The van der Waals surface area contributed by atoms with Gasteiger partial charge in [0.05, 0.1) is 12.7 Å². The van der Waals surface area contributed by atoms with Crippen molar-refractivity contribution in [2.24, 2.45) is 0 Å². The third-order valence-electron chi connectivity index (χ3n) is 2.68. The number of carbonyl (C=O) groups is 1. The maximum Gasteiger partial charge on any atom is 0.251 e. The molecule has 0 aromatic carbocycles. The van der Waals surface area contributed by atoms with E-state index in [1.807, 2.05) is 20.8 Å². The monoisotopic (exact) mass is 300 g/mol. The molecule has 0 aliphatic heterocycles. The summed E-state index contributed by atoms with van der Waals surface area (Å²) in [5.41, 5.74) is 0.974. The highest BCUT2D eigenvalue weighted by Gasteiger charge is 2.19. The Kier molecular flexibility index (Phi) is 5.92. The van der Waals surface area contributed by atoms with Crippen molar-refractivity contribution in [3.05, 3.63) is 28.5 Å². The zero-order valence-electron chi connectivity index (χ0n) is 12.2. The first-order valence-corrected chi connectivity index (χ1v) is 6.75. The van der Waals surface area contributed by atoms with Gasteiger partial charge >= 0.3 is 0 Å². The Morgan fingerprint density at radius 1 is 1.50 bits per heavy atom. The number of aliphatic hydroxyl groups is 1. The molecule has 1 aromatic rings. The summed E-state index contributed by atoms with van der Waals surface area (Å²) in [6.45, 7) is 6.28. The van der Waals surface area contributed by atoms with Gasteiger partial charge in [0.15, 0.2) is 0 Å². The van der Waals surface area contributed by atoms with Gasteiger partial charge in [-0.15, -0.1) is 0 Å². The minimum atomic E-state index is -0.733. The van der Waals surface area contributed by atoms with Crippen molar-refractivity contribution in [1.29, 1.82) is 0 Å². The highest BCUT2D eigenvalue weighted by Crippen LogP contribution is 2.23. The van der Waals surface area contributed by atoms with Crippen LogP contribution in [-0.2, 0) is 10.2 Å². The Morgan fingerprint density at radius 3 is 2.70 bits per heavy atom. The molecule has 20 heavy (non-hydrogen) atoms. The number of methoxy groups -OCH3 is 1. The minimum Gasteiger partial charge on any atom is -0.389 e. The molecular formula is C14H21ClN2O3. The zero-order valence-corrected chi connectivity index (χ0v) is 13.0. The Balaban J connectivity index is 2.81. The van der Waals surface area contributed by atoms with Gasteiger partial charge in [-0.2, -0.15) is 0 Å². The van der Waals surface area contributed by atoms with Crippen molar-refractivity contribution < 1.29 is 14.6 Å².